The zero-order chi connectivity index (χ0) is 12.5. The summed E-state index contributed by atoms with van der Waals surface area (Å²) in [5.41, 5.74) is 1.88. The van der Waals surface area contributed by atoms with E-state index in [9.17, 15) is 8.42 Å². The van der Waals surface area contributed by atoms with Crippen LogP contribution >= 0.6 is 0 Å². The fraction of sp³-hybridized carbons (Fsp3) is 0.500. The monoisotopic (exact) mass is 254 g/mol. The van der Waals surface area contributed by atoms with E-state index in [2.05, 4.69) is 12.2 Å². The van der Waals surface area contributed by atoms with Gasteiger partial charge in [-0.3, -0.25) is 4.31 Å². The topological polar surface area (TPSA) is 49.4 Å². The van der Waals surface area contributed by atoms with Gasteiger partial charge in [-0.25, -0.2) is 8.42 Å². The first-order chi connectivity index (χ1) is 8.04. The third kappa shape index (κ3) is 2.45. The van der Waals surface area contributed by atoms with Crippen molar-refractivity contribution in [2.45, 2.75) is 19.4 Å². The molecular formula is C12H18N2O2S. The predicted octanol–water partition coefficient (Wildman–Crippen LogP) is 1.51. The van der Waals surface area contributed by atoms with Crippen LogP contribution < -0.4 is 9.62 Å². The zero-order valence-corrected chi connectivity index (χ0v) is 11.0. The lowest BCUT2D eigenvalue weighted by Gasteiger charge is -2.19. The summed E-state index contributed by atoms with van der Waals surface area (Å²) in [7, 11) is -1.18. The molecule has 1 aliphatic rings. The molecule has 4 nitrogen and oxygen atoms in total. The molecule has 2 rings (SSSR count). The Morgan fingerprint density at radius 2 is 2.18 bits per heavy atom. The quantitative estimate of drug-likeness (QED) is 0.889. The van der Waals surface area contributed by atoms with Crippen molar-refractivity contribution in [2.24, 2.45) is 0 Å². The number of benzene rings is 1. The smallest absolute Gasteiger partial charge is 0.235 e. The summed E-state index contributed by atoms with van der Waals surface area (Å²) in [6.07, 6.45) is 0.716. The van der Waals surface area contributed by atoms with Crippen molar-refractivity contribution in [3.05, 3.63) is 29.8 Å². The van der Waals surface area contributed by atoms with Gasteiger partial charge < -0.3 is 5.32 Å². The Bertz CT molecular complexity index is 499. The molecule has 0 saturated carbocycles. The average Bonchev–Trinajstić information content (AvgIpc) is 2.68. The molecule has 0 amide bonds. The minimum atomic E-state index is -3.08. The second-order valence-electron chi connectivity index (χ2n) is 4.35. The zero-order valence-electron chi connectivity index (χ0n) is 10.2. The summed E-state index contributed by atoms with van der Waals surface area (Å²) >= 11 is 0. The molecule has 1 aliphatic heterocycles. The molecule has 0 bridgehead atoms. The third-order valence-electron chi connectivity index (χ3n) is 3.19. The van der Waals surface area contributed by atoms with Crippen LogP contribution in [0.3, 0.4) is 0 Å². The van der Waals surface area contributed by atoms with Gasteiger partial charge in [0.25, 0.3) is 0 Å². The molecule has 0 spiro atoms. The highest BCUT2D eigenvalue weighted by atomic mass is 32.2. The molecule has 94 valence electrons. The number of anilines is 1. The van der Waals surface area contributed by atoms with Crippen LogP contribution in [0.2, 0.25) is 0 Å². The van der Waals surface area contributed by atoms with E-state index < -0.39 is 10.0 Å². The Hall–Kier alpha value is -1.07. The van der Waals surface area contributed by atoms with E-state index in [1.807, 2.05) is 31.3 Å². The molecular weight excluding hydrogens is 236 g/mol. The van der Waals surface area contributed by atoms with Crippen molar-refractivity contribution < 1.29 is 8.42 Å². The van der Waals surface area contributed by atoms with Gasteiger partial charge in [0.2, 0.25) is 10.0 Å². The highest BCUT2D eigenvalue weighted by molar-refractivity contribution is 7.93. The summed E-state index contributed by atoms with van der Waals surface area (Å²) in [6.45, 7) is 2.65. The van der Waals surface area contributed by atoms with Gasteiger partial charge >= 0.3 is 0 Å². The highest BCUT2D eigenvalue weighted by Crippen LogP contribution is 2.26. The molecule has 0 unspecified atom stereocenters. The van der Waals surface area contributed by atoms with Crippen LogP contribution in [-0.2, 0) is 10.0 Å². The first kappa shape index (κ1) is 12.4. The fourth-order valence-corrected chi connectivity index (χ4v) is 3.60. The van der Waals surface area contributed by atoms with E-state index in [4.69, 9.17) is 0 Å². The molecule has 1 N–H and O–H groups in total. The number of hydrogen-bond acceptors (Lipinski definition) is 3. The van der Waals surface area contributed by atoms with Gasteiger partial charge in [0, 0.05) is 12.6 Å². The van der Waals surface area contributed by atoms with Gasteiger partial charge in [0.05, 0.1) is 11.4 Å². The molecule has 17 heavy (non-hydrogen) atoms. The number of hydrogen-bond donors (Lipinski definition) is 1. The predicted molar refractivity (Wildman–Crippen MR) is 69.7 cm³/mol. The lowest BCUT2D eigenvalue weighted by molar-refractivity contribution is 0.599. The summed E-state index contributed by atoms with van der Waals surface area (Å²) in [6, 6.07) is 7.94. The van der Waals surface area contributed by atoms with Crippen molar-refractivity contribution in [1.82, 2.24) is 5.32 Å². The molecule has 1 fully saturated rings. The van der Waals surface area contributed by atoms with Crippen molar-refractivity contribution >= 4 is 15.7 Å². The van der Waals surface area contributed by atoms with E-state index in [0.717, 1.165) is 11.3 Å². The van der Waals surface area contributed by atoms with E-state index in [-0.39, 0.29) is 11.8 Å². The maximum atomic E-state index is 11.8. The molecule has 1 saturated heterocycles. The summed E-state index contributed by atoms with van der Waals surface area (Å²) in [5, 5.41) is 3.15. The Balaban J connectivity index is 2.34. The Labute approximate surface area is 103 Å². The minimum Gasteiger partial charge on any atom is -0.313 e. The number of rotatable bonds is 3. The Kier molecular flexibility index (Phi) is 3.40. The molecule has 0 aromatic heterocycles. The molecule has 0 radical (unpaired) electrons. The molecule has 1 heterocycles. The molecule has 5 heteroatoms. The lowest BCUT2D eigenvalue weighted by atomic mass is 10.1. The maximum absolute atomic E-state index is 11.8. The summed E-state index contributed by atoms with van der Waals surface area (Å²) in [5.74, 6) is 0.263. The van der Waals surface area contributed by atoms with E-state index >= 15 is 0 Å². The molecule has 1 aromatic carbocycles. The van der Waals surface area contributed by atoms with Gasteiger partial charge in [-0.1, -0.05) is 12.1 Å². The molecule has 1 atom stereocenters. The normalized spacial score (nSPS) is 20.5. The number of sulfonamides is 1. The van der Waals surface area contributed by atoms with Gasteiger partial charge in [0.1, 0.15) is 0 Å². The van der Waals surface area contributed by atoms with Crippen LogP contribution in [0.1, 0.15) is 24.9 Å². The van der Waals surface area contributed by atoms with E-state index in [0.29, 0.717) is 13.0 Å². The first-order valence-electron chi connectivity index (χ1n) is 5.82. The van der Waals surface area contributed by atoms with Crippen LogP contribution in [-0.4, -0.2) is 27.8 Å². The molecule has 0 aliphatic carbocycles. The van der Waals surface area contributed by atoms with Gasteiger partial charge in [-0.05, 0) is 38.1 Å². The SMILES string of the molecule is CN[C@@H](C)c1cccc(N2CCCS2(=O)=O)c1. The Morgan fingerprint density at radius 3 is 2.76 bits per heavy atom. The van der Waals surface area contributed by atoms with Gasteiger partial charge in [-0.2, -0.15) is 0 Å². The van der Waals surface area contributed by atoms with Crippen LogP contribution in [0.4, 0.5) is 5.69 Å². The summed E-state index contributed by atoms with van der Waals surface area (Å²) < 4.78 is 25.2. The highest BCUT2D eigenvalue weighted by Gasteiger charge is 2.28. The largest absolute Gasteiger partial charge is 0.313 e. The van der Waals surface area contributed by atoms with Crippen LogP contribution in [0.25, 0.3) is 0 Å². The van der Waals surface area contributed by atoms with Crippen molar-refractivity contribution in [2.75, 3.05) is 23.7 Å². The third-order valence-corrected chi connectivity index (χ3v) is 5.06. The first-order valence-corrected chi connectivity index (χ1v) is 7.43. The fourth-order valence-electron chi connectivity index (χ4n) is 2.05. The van der Waals surface area contributed by atoms with E-state index in [1.165, 1.54) is 4.31 Å². The van der Waals surface area contributed by atoms with Crippen molar-refractivity contribution in [3.63, 3.8) is 0 Å². The standard InChI is InChI=1S/C12H18N2O2S/c1-10(13-2)11-5-3-6-12(9-11)14-7-4-8-17(14,15)16/h3,5-6,9-10,13H,4,7-8H2,1-2H3/t10-/m0/s1. The van der Waals surface area contributed by atoms with Crippen molar-refractivity contribution in [1.29, 1.82) is 0 Å². The summed E-state index contributed by atoms with van der Waals surface area (Å²) in [4.78, 5) is 0. The minimum absolute atomic E-state index is 0.222. The van der Waals surface area contributed by atoms with Gasteiger partial charge in [-0.15, -0.1) is 0 Å². The second kappa shape index (κ2) is 4.66. The van der Waals surface area contributed by atoms with E-state index in [1.54, 1.807) is 0 Å². The second-order valence-corrected chi connectivity index (χ2v) is 6.36. The van der Waals surface area contributed by atoms with Crippen LogP contribution in [0.15, 0.2) is 24.3 Å². The van der Waals surface area contributed by atoms with Crippen LogP contribution in [0.5, 0.6) is 0 Å². The molecule has 1 aromatic rings. The number of nitrogens with zero attached hydrogens (tertiary/aromatic N) is 1. The average molecular weight is 254 g/mol. The number of nitrogens with one attached hydrogen (secondary N) is 1. The van der Waals surface area contributed by atoms with Gasteiger partial charge in [0.15, 0.2) is 0 Å². The lowest BCUT2D eigenvalue weighted by Crippen LogP contribution is -2.25. The van der Waals surface area contributed by atoms with Crippen LogP contribution in [0, 0.1) is 0 Å². The Morgan fingerprint density at radius 1 is 1.41 bits per heavy atom. The van der Waals surface area contributed by atoms with Crippen molar-refractivity contribution in [3.8, 4) is 0 Å². The maximum Gasteiger partial charge on any atom is 0.235 e.